The molecule has 7 nitrogen and oxygen atoms in total. The number of carbonyl (C=O) groups is 1. The van der Waals surface area contributed by atoms with Crippen molar-refractivity contribution in [2.24, 2.45) is 4.99 Å². The number of aliphatic imine (C=N–C) groups is 1. The molecule has 1 saturated carbocycles. The summed E-state index contributed by atoms with van der Waals surface area (Å²) < 4.78 is 54.7. The number of nitrogens with zero attached hydrogens (tertiary/aromatic N) is 5. The number of carbonyl (C=O) groups excluding carboxylic acids is 1. The number of H-pyrrole nitrogens is 1. The maximum atomic E-state index is 13.6. The fourth-order valence-corrected chi connectivity index (χ4v) is 4.78. The van der Waals surface area contributed by atoms with Crippen molar-refractivity contribution in [3.05, 3.63) is 54.1 Å². The quantitative estimate of drug-likeness (QED) is 0.514. The predicted octanol–water partition coefficient (Wildman–Crippen LogP) is 5.17. The van der Waals surface area contributed by atoms with Gasteiger partial charge in [-0.25, -0.2) is 0 Å². The maximum Gasteiger partial charge on any atom is 0.256 e. The highest BCUT2D eigenvalue weighted by Gasteiger charge is 2.49. The molecule has 2 heterocycles. The van der Waals surface area contributed by atoms with Crippen molar-refractivity contribution in [1.29, 1.82) is 0 Å². The summed E-state index contributed by atoms with van der Waals surface area (Å²) in [6, 6.07) is 15.4. The van der Waals surface area contributed by atoms with Crippen LogP contribution in [-0.4, -0.2) is 42.8 Å². The van der Waals surface area contributed by atoms with Crippen molar-refractivity contribution in [3.8, 4) is 22.5 Å². The van der Waals surface area contributed by atoms with Gasteiger partial charge < -0.3 is 0 Å². The molecule has 0 atom stereocenters. The highest BCUT2D eigenvalue weighted by atomic mass is 16.2. The van der Waals surface area contributed by atoms with Gasteiger partial charge in [0, 0.05) is 21.6 Å². The van der Waals surface area contributed by atoms with Gasteiger partial charge in [-0.15, -0.1) is 10.2 Å². The van der Waals surface area contributed by atoms with Gasteiger partial charge in [-0.2, -0.15) is 5.21 Å². The van der Waals surface area contributed by atoms with E-state index in [2.05, 4.69) is 20.6 Å². The van der Waals surface area contributed by atoms with Crippen molar-refractivity contribution in [3.63, 3.8) is 0 Å². The molecule has 1 aliphatic carbocycles. The van der Waals surface area contributed by atoms with Gasteiger partial charge in [-0.3, -0.25) is 14.7 Å². The molecule has 0 saturated heterocycles. The van der Waals surface area contributed by atoms with E-state index in [4.69, 9.17) is 14.6 Å². The van der Waals surface area contributed by atoms with Crippen LogP contribution in [0.25, 0.3) is 22.5 Å². The Labute approximate surface area is 204 Å². The van der Waals surface area contributed by atoms with Crippen LogP contribution in [0.3, 0.4) is 0 Å². The topological polar surface area (TPSA) is 87.1 Å². The molecule has 2 aliphatic rings. The van der Waals surface area contributed by atoms with Gasteiger partial charge in [0.05, 0.1) is 6.54 Å². The Morgan fingerprint density at radius 1 is 1.12 bits per heavy atom. The number of amides is 1. The first-order valence-electron chi connectivity index (χ1n) is 14.7. The zero-order chi connectivity index (χ0) is 28.8. The van der Waals surface area contributed by atoms with Crippen LogP contribution in [0.5, 0.6) is 0 Å². The van der Waals surface area contributed by atoms with Crippen LogP contribution in [0, 0.1) is 0 Å². The van der Waals surface area contributed by atoms with Crippen LogP contribution in [0.4, 0.5) is 0 Å². The highest BCUT2D eigenvalue weighted by Crippen LogP contribution is 2.40. The Kier molecular flexibility index (Phi) is 4.13. The number of rotatable bonds is 8. The second-order valence-corrected chi connectivity index (χ2v) is 8.44. The Morgan fingerprint density at radius 2 is 1.91 bits per heavy atom. The van der Waals surface area contributed by atoms with Crippen LogP contribution in [0.2, 0.25) is 0 Å². The molecular weight excluding hydrogens is 412 g/mol. The second kappa shape index (κ2) is 9.25. The van der Waals surface area contributed by atoms with E-state index < -0.39 is 31.6 Å². The minimum atomic E-state index is -3.12. The maximum absolute atomic E-state index is 13.6. The van der Waals surface area contributed by atoms with Crippen LogP contribution < -0.4 is 0 Å². The molecule has 1 aliphatic heterocycles. The number of amidine groups is 1. The molecule has 2 aromatic carbocycles. The normalized spacial score (nSPS) is 21.6. The number of hydrogen-bond acceptors (Lipinski definition) is 5. The lowest BCUT2D eigenvalue weighted by molar-refractivity contribution is -0.131. The van der Waals surface area contributed by atoms with E-state index >= 15 is 0 Å². The number of aromatic nitrogens is 4. The van der Waals surface area contributed by atoms with Gasteiger partial charge in [-0.1, -0.05) is 81.0 Å². The van der Waals surface area contributed by atoms with Gasteiger partial charge in [0.25, 0.3) is 5.91 Å². The average Bonchev–Trinajstić information content (AvgIpc) is 3.67. The Balaban J connectivity index is 1.37. The van der Waals surface area contributed by atoms with Gasteiger partial charge >= 0.3 is 0 Å². The molecule has 0 radical (unpaired) electrons. The van der Waals surface area contributed by atoms with E-state index in [1.807, 2.05) is 48.5 Å². The average molecular weight is 450 g/mol. The van der Waals surface area contributed by atoms with Gasteiger partial charge in [0.1, 0.15) is 11.4 Å². The first kappa shape index (κ1) is 14.7. The van der Waals surface area contributed by atoms with Crippen molar-refractivity contribution in [2.75, 3.05) is 0 Å². The highest BCUT2D eigenvalue weighted by molar-refractivity contribution is 6.08. The molecule has 3 aromatic rings. The van der Waals surface area contributed by atoms with Crippen molar-refractivity contribution in [2.45, 2.75) is 70.2 Å². The summed E-state index contributed by atoms with van der Waals surface area (Å²) in [4.78, 5) is 20.0. The van der Waals surface area contributed by atoms with Gasteiger partial charge in [0.2, 0.25) is 5.82 Å². The van der Waals surface area contributed by atoms with E-state index in [1.165, 1.54) is 0 Å². The third-order valence-electron chi connectivity index (χ3n) is 6.41. The molecule has 1 spiro atoms. The molecule has 1 aromatic heterocycles. The van der Waals surface area contributed by atoms with E-state index in [0.717, 1.165) is 35.1 Å². The first-order valence-corrected chi connectivity index (χ1v) is 11.2. The molecule has 7 heteroatoms. The third kappa shape index (κ3) is 4.19. The molecule has 5 rings (SSSR count). The van der Waals surface area contributed by atoms with Gasteiger partial charge in [-0.05, 0) is 41.2 Å². The summed E-state index contributed by atoms with van der Waals surface area (Å²) in [7, 11) is 0. The summed E-state index contributed by atoms with van der Waals surface area (Å²) in [6.07, 6.45) is -3.20. The molecule has 1 amide bonds. The second-order valence-electron chi connectivity index (χ2n) is 8.44. The summed E-state index contributed by atoms with van der Waals surface area (Å²) >= 11 is 0. The Bertz CT molecular complexity index is 1400. The van der Waals surface area contributed by atoms with Crippen molar-refractivity contribution in [1.82, 2.24) is 25.5 Å². The zero-order valence-electron chi connectivity index (χ0n) is 25.2. The molecule has 0 bridgehead atoms. The standard InChI is InChI=1S/C26H30N6O/c1-2-3-4-11-23-27-26(16-7-8-17-26)25(33)32(23)18-19-12-14-20(15-13-19)21-9-5-6-10-22(21)24-28-30-31-29-24/h5-6,9-10,12-15H,2-4,7-8,11,16-18H2,1H3,(H,28,29,30,31)/i1D3,2D2,3D2. The molecule has 170 valence electrons. The summed E-state index contributed by atoms with van der Waals surface area (Å²) in [5.41, 5.74) is 2.65. The number of benzene rings is 2. The fraction of sp³-hybridized carbons (Fsp3) is 0.423. The Morgan fingerprint density at radius 3 is 2.64 bits per heavy atom. The Hall–Kier alpha value is -3.35. The fourth-order valence-electron chi connectivity index (χ4n) is 4.78. The van der Waals surface area contributed by atoms with Crippen LogP contribution in [0.15, 0.2) is 53.5 Å². The van der Waals surface area contributed by atoms with Crippen molar-refractivity contribution >= 4 is 11.7 Å². The SMILES string of the molecule is [2H]C([2H])([2H])C([2H])([2H])C([2H])([2H])CCC1=NC2(CCCC2)C(=O)N1Cc1ccc(-c2ccccc2-c2nn[nH]n2)cc1. The number of nitrogens with one attached hydrogen (secondary N) is 1. The zero-order valence-corrected chi connectivity index (χ0v) is 18.2. The third-order valence-corrected chi connectivity index (χ3v) is 6.41. The van der Waals surface area contributed by atoms with Crippen LogP contribution in [-0.2, 0) is 11.3 Å². The van der Waals surface area contributed by atoms with E-state index in [1.54, 1.807) is 4.90 Å². The van der Waals surface area contributed by atoms with Crippen molar-refractivity contribution < 1.29 is 14.4 Å². The molecular formula is C26H30N6O. The monoisotopic (exact) mass is 449 g/mol. The predicted molar refractivity (Wildman–Crippen MR) is 128 cm³/mol. The lowest BCUT2D eigenvalue weighted by Crippen LogP contribution is -2.40. The lowest BCUT2D eigenvalue weighted by atomic mass is 9.97. The molecule has 33 heavy (non-hydrogen) atoms. The van der Waals surface area contributed by atoms with E-state index in [-0.39, 0.29) is 18.9 Å². The number of aromatic amines is 1. The van der Waals surface area contributed by atoms with E-state index in [0.29, 0.717) is 24.5 Å². The lowest BCUT2D eigenvalue weighted by Gasteiger charge is -2.23. The first-order chi connectivity index (χ1) is 18.8. The van der Waals surface area contributed by atoms with Crippen LogP contribution in [0.1, 0.15) is 73.3 Å². The summed E-state index contributed by atoms with van der Waals surface area (Å²) in [5.74, 6) is 0.724. The molecule has 1 fully saturated rings. The summed E-state index contributed by atoms with van der Waals surface area (Å²) in [6.45, 7) is -2.90. The summed E-state index contributed by atoms with van der Waals surface area (Å²) in [5, 5.41) is 14.3. The molecule has 0 unspecified atom stereocenters. The van der Waals surface area contributed by atoms with Crippen LogP contribution >= 0.6 is 0 Å². The van der Waals surface area contributed by atoms with E-state index in [9.17, 15) is 4.79 Å². The van der Waals surface area contributed by atoms with Gasteiger partial charge in [0.15, 0.2) is 0 Å². The molecule has 1 N–H and O–H groups in total. The minimum Gasteiger partial charge on any atom is -0.294 e. The smallest absolute Gasteiger partial charge is 0.256 e. The largest absolute Gasteiger partial charge is 0.294 e. The number of hydrogen-bond donors (Lipinski definition) is 1. The minimum absolute atomic E-state index is 0.0494. The number of tetrazole rings is 1.